The summed E-state index contributed by atoms with van der Waals surface area (Å²) < 4.78 is 69.5. The average molecular weight is 565 g/mol. The summed E-state index contributed by atoms with van der Waals surface area (Å²) in [6.07, 6.45) is 4.88. The third-order valence-corrected chi connectivity index (χ3v) is 7.45. The molecule has 10 heteroatoms. The fourth-order valence-electron chi connectivity index (χ4n) is 5.45. The average Bonchev–Trinajstić information content (AvgIpc) is 3.48. The Balaban J connectivity index is 1.34. The first kappa shape index (κ1) is 27.0. The summed E-state index contributed by atoms with van der Waals surface area (Å²) in [6.45, 7) is -0.344. The number of carbonyl (C=O) groups excluding carboxylic acids is 1. The zero-order valence-electron chi connectivity index (χ0n) is 21.8. The van der Waals surface area contributed by atoms with Gasteiger partial charge in [0, 0.05) is 60.0 Å². The van der Waals surface area contributed by atoms with E-state index in [1.807, 2.05) is 24.3 Å². The smallest absolute Gasteiger partial charge is 0.298 e. The standard InChI is InChI=1S/C31H25F5N4O/c32-23-10-18(11-24(33)14-23)9-21(13-25(41)17-40-28(19-6-7-19)15-29(39-40)31(34,35)36)30-26(4-2-8-37-30)22-12-20-3-1-5-27(20)38-16-22/h1-4,8,10-12,14-16,19,21H,5-7,9,13,17H2/t21-/m1/s1. The number of allylic oxidation sites excluding steroid dienone is 1. The van der Waals surface area contributed by atoms with Crippen molar-refractivity contribution in [2.75, 3.05) is 0 Å². The van der Waals surface area contributed by atoms with Crippen molar-refractivity contribution in [3.8, 4) is 11.1 Å². The monoisotopic (exact) mass is 564 g/mol. The molecule has 6 rings (SSSR count). The topological polar surface area (TPSA) is 60.7 Å². The number of benzene rings is 1. The van der Waals surface area contributed by atoms with Crippen molar-refractivity contribution in [1.82, 2.24) is 19.7 Å². The molecule has 0 unspecified atom stereocenters. The number of Topliss-reactive ketones (excluding diaryl/α,β-unsaturated/α-hetero) is 1. The van der Waals surface area contributed by atoms with E-state index in [1.54, 1.807) is 18.5 Å². The van der Waals surface area contributed by atoms with Crippen LogP contribution in [0.3, 0.4) is 0 Å². The Morgan fingerprint density at radius 3 is 2.56 bits per heavy atom. The van der Waals surface area contributed by atoms with E-state index in [4.69, 9.17) is 0 Å². The second-order valence-electron chi connectivity index (χ2n) is 10.6. The van der Waals surface area contributed by atoms with Gasteiger partial charge in [-0.15, -0.1) is 0 Å². The summed E-state index contributed by atoms with van der Waals surface area (Å²) in [7, 11) is 0. The van der Waals surface area contributed by atoms with Gasteiger partial charge >= 0.3 is 6.18 Å². The van der Waals surface area contributed by atoms with E-state index in [9.17, 15) is 26.7 Å². The molecule has 1 aromatic carbocycles. The number of nitrogens with zero attached hydrogens (tertiary/aromatic N) is 4. The zero-order chi connectivity index (χ0) is 28.7. The number of alkyl halides is 3. The van der Waals surface area contributed by atoms with Crippen LogP contribution >= 0.6 is 0 Å². The van der Waals surface area contributed by atoms with Crippen LogP contribution in [0.2, 0.25) is 0 Å². The quantitative estimate of drug-likeness (QED) is 0.204. The van der Waals surface area contributed by atoms with Crippen LogP contribution in [0.5, 0.6) is 0 Å². The Morgan fingerprint density at radius 2 is 1.83 bits per heavy atom. The maximum Gasteiger partial charge on any atom is 0.435 e. The minimum atomic E-state index is -4.62. The van der Waals surface area contributed by atoms with E-state index in [2.05, 4.69) is 15.1 Å². The summed E-state index contributed by atoms with van der Waals surface area (Å²) in [4.78, 5) is 22.6. The number of carbonyl (C=O) groups is 1. The minimum absolute atomic E-state index is 0.0544. The maximum atomic E-state index is 14.1. The second-order valence-corrected chi connectivity index (χ2v) is 10.6. The third-order valence-electron chi connectivity index (χ3n) is 7.45. The summed E-state index contributed by atoms with van der Waals surface area (Å²) >= 11 is 0. The molecule has 5 nitrogen and oxygen atoms in total. The Bertz CT molecular complexity index is 1630. The van der Waals surface area contributed by atoms with Crippen LogP contribution in [0.4, 0.5) is 22.0 Å². The molecule has 2 aliphatic carbocycles. The van der Waals surface area contributed by atoms with Crippen LogP contribution in [0.25, 0.3) is 17.2 Å². The molecule has 0 aliphatic heterocycles. The Labute approximate surface area is 232 Å². The molecule has 0 bridgehead atoms. The summed E-state index contributed by atoms with van der Waals surface area (Å²) in [6, 6.07) is 9.80. The van der Waals surface area contributed by atoms with Gasteiger partial charge in [-0.2, -0.15) is 18.3 Å². The molecule has 41 heavy (non-hydrogen) atoms. The lowest BCUT2D eigenvalue weighted by atomic mass is 9.87. The van der Waals surface area contributed by atoms with Gasteiger partial charge in [-0.3, -0.25) is 19.4 Å². The Hall–Kier alpha value is -4.21. The maximum absolute atomic E-state index is 14.1. The molecule has 0 spiro atoms. The van der Waals surface area contributed by atoms with Crippen molar-refractivity contribution < 1.29 is 26.7 Å². The van der Waals surface area contributed by atoms with Gasteiger partial charge in [-0.25, -0.2) is 8.78 Å². The number of ketones is 1. The molecule has 4 aromatic rings. The van der Waals surface area contributed by atoms with Gasteiger partial charge in [-0.05, 0) is 60.7 Å². The lowest BCUT2D eigenvalue weighted by molar-refractivity contribution is -0.141. The number of fused-ring (bicyclic) bond motifs is 1. The van der Waals surface area contributed by atoms with Crippen molar-refractivity contribution in [1.29, 1.82) is 0 Å². The molecular weight excluding hydrogens is 539 g/mol. The lowest BCUT2D eigenvalue weighted by Crippen LogP contribution is -2.19. The van der Waals surface area contributed by atoms with E-state index >= 15 is 0 Å². The Morgan fingerprint density at radius 1 is 1.05 bits per heavy atom. The van der Waals surface area contributed by atoms with Crippen molar-refractivity contribution in [3.05, 3.63) is 106 Å². The van der Waals surface area contributed by atoms with Crippen LogP contribution in [0.1, 0.15) is 65.0 Å². The number of hydrogen-bond donors (Lipinski definition) is 0. The molecule has 210 valence electrons. The van der Waals surface area contributed by atoms with Crippen LogP contribution in [0, 0.1) is 11.6 Å². The van der Waals surface area contributed by atoms with Gasteiger partial charge in [0.15, 0.2) is 11.5 Å². The first-order valence-electron chi connectivity index (χ1n) is 13.4. The van der Waals surface area contributed by atoms with Gasteiger partial charge in [0.05, 0.1) is 17.9 Å². The number of halogens is 5. The van der Waals surface area contributed by atoms with E-state index in [0.29, 0.717) is 17.0 Å². The highest BCUT2D eigenvalue weighted by Gasteiger charge is 2.38. The first-order valence-corrected chi connectivity index (χ1v) is 13.4. The number of rotatable bonds is 9. The SMILES string of the molecule is O=C(C[C@@H](Cc1cc(F)cc(F)c1)c1ncccc1-c1cnc2c(c1)C=CC2)Cn1nc(C(F)(F)F)cc1C1CC1. The molecular formula is C31H25F5N4O. The highest BCUT2D eigenvalue weighted by atomic mass is 19.4. The zero-order valence-corrected chi connectivity index (χ0v) is 21.8. The second kappa shape index (κ2) is 10.6. The summed E-state index contributed by atoms with van der Waals surface area (Å²) in [5, 5.41) is 3.71. The van der Waals surface area contributed by atoms with Gasteiger partial charge in [0.1, 0.15) is 11.6 Å². The van der Waals surface area contributed by atoms with Gasteiger partial charge in [0.25, 0.3) is 0 Å². The van der Waals surface area contributed by atoms with Crippen LogP contribution in [-0.2, 0) is 30.4 Å². The van der Waals surface area contributed by atoms with E-state index in [1.165, 1.54) is 12.1 Å². The summed E-state index contributed by atoms with van der Waals surface area (Å²) in [5.41, 5.74) is 3.66. The lowest BCUT2D eigenvalue weighted by Gasteiger charge is -2.20. The molecule has 0 saturated heterocycles. The fraction of sp³-hybridized carbons (Fsp3) is 0.290. The van der Waals surface area contributed by atoms with Crippen LogP contribution in [0.15, 0.2) is 60.9 Å². The van der Waals surface area contributed by atoms with Crippen LogP contribution < -0.4 is 0 Å². The molecule has 0 N–H and O–H groups in total. The molecule has 0 radical (unpaired) electrons. The Kier molecular flexibility index (Phi) is 7.01. The molecule has 1 fully saturated rings. The highest BCUT2D eigenvalue weighted by Crippen LogP contribution is 2.42. The van der Waals surface area contributed by atoms with E-state index < -0.39 is 29.4 Å². The van der Waals surface area contributed by atoms with Crippen LogP contribution in [-0.4, -0.2) is 25.5 Å². The fourth-order valence-corrected chi connectivity index (χ4v) is 5.45. The van der Waals surface area contributed by atoms with Crippen molar-refractivity contribution in [3.63, 3.8) is 0 Å². The molecule has 1 saturated carbocycles. The molecule has 2 aliphatic rings. The van der Waals surface area contributed by atoms with E-state index in [-0.39, 0.29) is 31.1 Å². The normalized spacial score (nSPS) is 15.2. The number of aromatic nitrogens is 4. The van der Waals surface area contributed by atoms with Crippen molar-refractivity contribution in [2.45, 2.75) is 56.7 Å². The highest BCUT2D eigenvalue weighted by molar-refractivity contribution is 5.80. The summed E-state index contributed by atoms with van der Waals surface area (Å²) in [5.74, 6) is -2.53. The van der Waals surface area contributed by atoms with E-state index in [0.717, 1.165) is 58.5 Å². The largest absolute Gasteiger partial charge is 0.435 e. The molecule has 3 heterocycles. The predicted octanol–water partition coefficient (Wildman–Crippen LogP) is 7.07. The minimum Gasteiger partial charge on any atom is -0.298 e. The molecule has 0 amide bonds. The predicted molar refractivity (Wildman–Crippen MR) is 142 cm³/mol. The first-order chi connectivity index (χ1) is 19.6. The third kappa shape index (κ3) is 5.96. The molecule has 3 aromatic heterocycles. The van der Waals surface area contributed by atoms with Gasteiger partial charge in [0.2, 0.25) is 0 Å². The van der Waals surface area contributed by atoms with Crippen molar-refractivity contribution in [2.24, 2.45) is 0 Å². The number of pyridine rings is 2. The van der Waals surface area contributed by atoms with Crippen molar-refractivity contribution >= 4 is 11.9 Å². The van der Waals surface area contributed by atoms with Gasteiger partial charge in [-0.1, -0.05) is 18.2 Å². The van der Waals surface area contributed by atoms with Gasteiger partial charge < -0.3 is 0 Å². The molecule has 1 atom stereocenters. The number of hydrogen-bond acceptors (Lipinski definition) is 4.